The quantitative estimate of drug-likeness (QED) is 0.598. The van der Waals surface area contributed by atoms with E-state index in [2.05, 4.69) is 44.2 Å². The van der Waals surface area contributed by atoms with Crippen LogP contribution in [0.2, 0.25) is 0 Å². The Labute approximate surface area is 82.1 Å². The first kappa shape index (κ1) is 9.21. The molecule has 0 saturated carbocycles. The normalized spacial score (nSPS) is 26.2. The van der Waals surface area contributed by atoms with E-state index in [4.69, 9.17) is 0 Å². The second-order valence-electron chi connectivity index (χ2n) is 4.40. The lowest BCUT2D eigenvalue weighted by atomic mass is 10.1. The van der Waals surface area contributed by atoms with Gasteiger partial charge in [0.1, 0.15) is 0 Å². The molecule has 1 heterocycles. The van der Waals surface area contributed by atoms with Crippen LogP contribution < -0.4 is 5.30 Å². The van der Waals surface area contributed by atoms with Crippen LogP contribution in [0.15, 0.2) is 30.3 Å². The molecule has 1 atom stereocenters. The van der Waals surface area contributed by atoms with Crippen molar-refractivity contribution in [1.29, 1.82) is 0 Å². The highest BCUT2D eigenvalue weighted by atomic mass is 31.1. The maximum atomic E-state index is 2.43. The predicted molar refractivity (Wildman–Crippen MR) is 61.2 cm³/mol. The molecule has 0 bridgehead atoms. The van der Waals surface area contributed by atoms with Crippen LogP contribution >= 0.6 is 7.92 Å². The molecule has 1 heteroatoms. The molecule has 1 aliphatic rings. The second kappa shape index (κ2) is 3.42. The first-order chi connectivity index (χ1) is 6.20. The van der Waals surface area contributed by atoms with Gasteiger partial charge in [-0.1, -0.05) is 52.1 Å². The molecule has 0 aromatic heterocycles. The van der Waals surface area contributed by atoms with E-state index in [1.807, 2.05) is 0 Å². The zero-order chi connectivity index (χ0) is 9.31. The Balaban J connectivity index is 2.27. The molecule has 0 N–H and O–H groups in total. The molecule has 70 valence electrons. The summed E-state index contributed by atoms with van der Waals surface area (Å²) >= 11 is 0. The SMILES string of the molecule is CC1(C)CCCP1c1ccccc1. The lowest BCUT2D eigenvalue weighted by Crippen LogP contribution is -2.18. The summed E-state index contributed by atoms with van der Waals surface area (Å²) in [5.74, 6) is 0. The van der Waals surface area contributed by atoms with Gasteiger partial charge in [-0.2, -0.15) is 0 Å². The summed E-state index contributed by atoms with van der Waals surface area (Å²) in [6, 6.07) is 11.1. The van der Waals surface area contributed by atoms with Gasteiger partial charge < -0.3 is 0 Å². The largest absolute Gasteiger partial charge is 0.0695 e. The third-order valence-corrected chi connectivity index (χ3v) is 6.34. The molecule has 1 aromatic rings. The van der Waals surface area contributed by atoms with E-state index < -0.39 is 0 Å². The van der Waals surface area contributed by atoms with E-state index in [9.17, 15) is 0 Å². The second-order valence-corrected chi connectivity index (χ2v) is 7.43. The van der Waals surface area contributed by atoms with Crippen LogP contribution in [-0.2, 0) is 0 Å². The highest BCUT2D eigenvalue weighted by Crippen LogP contribution is 2.56. The summed E-state index contributed by atoms with van der Waals surface area (Å²) < 4.78 is 0. The molecule has 2 rings (SSSR count). The smallest absolute Gasteiger partial charge is 0.0111 e. The van der Waals surface area contributed by atoms with Crippen molar-refractivity contribution >= 4 is 13.2 Å². The van der Waals surface area contributed by atoms with Crippen molar-refractivity contribution < 1.29 is 0 Å². The fourth-order valence-corrected chi connectivity index (χ4v) is 5.19. The summed E-state index contributed by atoms with van der Waals surface area (Å²) in [5.41, 5.74) is 0. The standard InChI is InChI=1S/C12H17P/c1-12(2)9-6-10-13(12)11-7-4-3-5-8-11/h3-5,7-8H,6,9-10H2,1-2H3. The Morgan fingerprint density at radius 3 is 2.38 bits per heavy atom. The molecule has 1 unspecified atom stereocenters. The molecule has 13 heavy (non-hydrogen) atoms. The van der Waals surface area contributed by atoms with Crippen molar-refractivity contribution in [3.63, 3.8) is 0 Å². The van der Waals surface area contributed by atoms with Crippen molar-refractivity contribution in [3.05, 3.63) is 30.3 Å². The highest BCUT2D eigenvalue weighted by molar-refractivity contribution is 7.67. The van der Waals surface area contributed by atoms with E-state index in [0.29, 0.717) is 5.16 Å². The van der Waals surface area contributed by atoms with Crippen LogP contribution in [0.5, 0.6) is 0 Å². The lowest BCUT2D eigenvalue weighted by Gasteiger charge is -2.27. The third-order valence-electron chi connectivity index (χ3n) is 2.97. The zero-order valence-electron chi connectivity index (χ0n) is 8.46. The molecule has 0 amide bonds. The average Bonchev–Trinajstić information content (AvgIpc) is 2.47. The van der Waals surface area contributed by atoms with Crippen LogP contribution in [-0.4, -0.2) is 11.3 Å². The summed E-state index contributed by atoms with van der Waals surface area (Å²) in [6.45, 7) is 4.86. The average molecular weight is 192 g/mol. The third kappa shape index (κ3) is 1.79. The molecular weight excluding hydrogens is 175 g/mol. The minimum atomic E-state index is 0.117. The maximum absolute atomic E-state index is 2.43. The molecule has 0 nitrogen and oxygen atoms in total. The molecule has 0 spiro atoms. The van der Waals surface area contributed by atoms with Crippen molar-refractivity contribution in [2.24, 2.45) is 0 Å². The van der Waals surface area contributed by atoms with E-state index >= 15 is 0 Å². The van der Waals surface area contributed by atoms with Gasteiger partial charge in [0.25, 0.3) is 0 Å². The topological polar surface area (TPSA) is 0 Å². The van der Waals surface area contributed by atoms with Crippen LogP contribution in [0, 0.1) is 0 Å². The fourth-order valence-electron chi connectivity index (χ4n) is 2.19. The van der Waals surface area contributed by atoms with Gasteiger partial charge in [0.2, 0.25) is 0 Å². The van der Waals surface area contributed by atoms with Gasteiger partial charge in [-0.15, -0.1) is 0 Å². The zero-order valence-corrected chi connectivity index (χ0v) is 9.35. The molecule has 1 saturated heterocycles. The fraction of sp³-hybridized carbons (Fsp3) is 0.500. The molecule has 1 aromatic carbocycles. The number of hydrogen-bond acceptors (Lipinski definition) is 0. The Kier molecular flexibility index (Phi) is 2.43. The van der Waals surface area contributed by atoms with E-state index in [1.54, 1.807) is 5.30 Å². The van der Waals surface area contributed by atoms with Gasteiger partial charge in [-0.25, -0.2) is 0 Å². The lowest BCUT2D eigenvalue weighted by molar-refractivity contribution is 0.659. The van der Waals surface area contributed by atoms with Gasteiger partial charge in [-0.05, 0) is 29.5 Å². The van der Waals surface area contributed by atoms with Gasteiger partial charge >= 0.3 is 0 Å². The number of rotatable bonds is 1. The minimum Gasteiger partial charge on any atom is -0.0695 e. The molecular formula is C12H17P. The Morgan fingerprint density at radius 2 is 1.85 bits per heavy atom. The molecule has 0 aliphatic carbocycles. The van der Waals surface area contributed by atoms with Crippen LogP contribution in [0.1, 0.15) is 26.7 Å². The molecule has 1 fully saturated rings. The Bertz CT molecular complexity index is 276. The monoisotopic (exact) mass is 192 g/mol. The van der Waals surface area contributed by atoms with Crippen LogP contribution in [0.3, 0.4) is 0 Å². The van der Waals surface area contributed by atoms with E-state index in [-0.39, 0.29) is 7.92 Å². The summed E-state index contributed by atoms with van der Waals surface area (Å²) in [4.78, 5) is 0. The highest BCUT2D eigenvalue weighted by Gasteiger charge is 2.34. The summed E-state index contributed by atoms with van der Waals surface area (Å²) in [5, 5.41) is 2.18. The summed E-state index contributed by atoms with van der Waals surface area (Å²) in [6.07, 6.45) is 4.27. The van der Waals surface area contributed by atoms with Gasteiger partial charge in [0.15, 0.2) is 0 Å². The first-order valence-corrected chi connectivity index (χ1v) is 6.55. The molecule has 1 aliphatic heterocycles. The van der Waals surface area contributed by atoms with E-state index in [0.717, 1.165) is 0 Å². The summed E-state index contributed by atoms with van der Waals surface area (Å²) in [7, 11) is 0.117. The number of benzene rings is 1. The number of hydrogen-bond donors (Lipinski definition) is 0. The predicted octanol–water partition coefficient (Wildman–Crippen LogP) is 3.37. The van der Waals surface area contributed by atoms with Gasteiger partial charge in [0, 0.05) is 0 Å². The Hall–Kier alpha value is -0.350. The van der Waals surface area contributed by atoms with Gasteiger partial charge in [-0.3, -0.25) is 0 Å². The molecule has 0 radical (unpaired) electrons. The van der Waals surface area contributed by atoms with Crippen molar-refractivity contribution in [2.45, 2.75) is 31.8 Å². The van der Waals surface area contributed by atoms with Crippen LogP contribution in [0.25, 0.3) is 0 Å². The van der Waals surface area contributed by atoms with Crippen molar-refractivity contribution in [1.82, 2.24) is 0 Å². The Morgan fingerprint density at radius 1 is 1.15 bits per heavy atom. The maximum Gasteiger partial charge on any atom is -0.0111 e. The van der Waals surface area contributed by atoms with Crippen molar-refractivity contribution in [3.8, 4) is 0 Å². The van der Waals surface area contributed by atoms with Gasteiger partial charge in [0.05, 0.1) is 0 Å². The van der Waals surface area contributed by atoms with Crippen LogP contribution in [0.4, 0.5) is 0 Å². The minimum absolute atomic E-state index is 0.117. The van der Waals surface area contributed by atoms with Crippen molar-refractivity contribution in [2.75, 3.05) is 6.16 Å². The van der Waals surface area contributed by atoms with E-state index in [1.165, 1.54) is 19.0 Å². The first-order valence-electron chi connectivity index (χ1n) is 5.03.